The van der Waals surface area contributed by atoms with Crippen molar-refractivity contribution in [2.75, 3.05) is 17.7 Å². The number of thioether (sulfide) groups is 1. The zero-order chi connectivity index (χ0) is 17.4. The van der Waals surface area contributed by atoms with Crippen LogP contribution in [0.25, 0.3) is 0 Å². The lowest BCUT2D eigenvalue weighted by Gasteiger charge is -2.07. The summed E-state index contributed by atoms with van der Waals surface area (Å²) in [6, 6.07) is 14.2. The summed E-state index contributed by atoms with van der Waals surface area (Å²) < 4.78 is 4.95. The lowest BCUT2D eigenvalue weighted by molar-refractivity contribution is -0.115. The summed E-state index contributed by atoms with van der Waals surface area (Å²) in [4.78, 5) is 24.8. The van der Waals surface area contributed by atoms with Gasteiger partial charge in [-0.15, -0.1) is 11.8 Å². The van der Waals surface area contributed by atoms with E-state index in [4.69, 9.17) is 16.3 Å². The molecule has 0 spiro atoms. The largest absolute Gasteiger partial charge is 0.462 e. The average molecular weight is 364 g/mol. The molecular formula is C18H18ClNO3S. The van der Waals surface area contributed by atoms with Gasteiger partial charge in [-0.2, -0.15) is 0 Å². The number of hydrogen-bond acceptors (Lipinski definition) is 4. The van der Waals surface area contributed by atoms with Gasteiger partial charge in [0.05, 0.1) is 12.2 Å². The molecule has 1 amide bonds. The van der Waals surface area contributed by atoms with Gasteiger partial charge in [0.1, 0.15) is 0 Å². The van der Waals surface area contributed by atoms with Crippen LogP contribution in [0.4, 0.5) is 5.69 Å². The molecule has 2 rings (SSSR count). The molecule has 0 aromatic heterocycles. The number of hydrogen-bond donors (Lipinski definition) is 1. The van der Waals surface area contributed by atoms with Crippen molar-refractivity contribution in [2.24, 2.45) is 0 Å². The van der Waals surface area contributed by atoms with Gasteiger partial charge in [0.25, 0.3) is 0 Å². The molecule has 4 nitrogen and oxygen atoms in total. The fourth-order valence-electron chi connectivity index (χ4n) is 1.95. The molecule has 0 atom stereocenters. The predicted octanol–water partition coefficient (Wildman–Crippen LogP) is 4.64. The van der Waals surface area contributed by atoms with E-state index in [0.29, 0.717) is 35.1 Å². The van der Waals surface area contributed by atoms with Crippen molar-refractivity contribution in [2.45, 2.75) is 18.2 Å². The maximum atomic E-state index is 12.0. The Hall–Kier alpha value is -1.98. The second-order valence-electron chi connectivity index (χ2n) is 4.90. The lowest BCUT2D eigenvalue weighted by atomic mass is 10.2. The number of esters is 1. The van der Waals surface area contributed by atoms with Gasteiger partial charge >= 0.3 is 5.97 Å². The highest BCUT2D eigenvalue weighted by atomic mass is 35.5. The van der Waals surface area contributed by atoms with Gasteiger partial charge in [-0.25, -0.2) is 4.79 Å². The fraction of sp³-hybridized carbons (Fsp3) is 0.222. The number of amides is 1. The van der Waals surface area contributed by atoms with E-state index in [0.717, 1.165) is 4.90 Å². The van der Waals surface area contributed by atoms with Crippen molar-refractivity contribution < 1.29 is 14.3 Å². The van der Waals surface area contributed by atoms with Crippen molar-refractivity contribution in [1.82, 2.24) is 0 Å². The normalized spacial score (nSPS) is 10.2. The molecule has 0 heterocycles. The molecule has 0 aliphatic carbocycles. The first-order valence-corrected chi connectivity index (χ1v) is 8.90. The summed E-state index contributed by atoms with van der Waals surface area (Å²) in [5, 5.41) is 3.49. The molecule has 6 heteroatoms. The van der Waals surface area contributed by atoms with Crippen molar-refractivity contribution in [3.8, 4) is 0 Å². The molecule has 0 aliphatic rings. The third kappa shape index (κ3) is 5.91. The average Bonchev–Trinajstić information content (AvgIpc) is 2.57. The molecule has 0 saturated heterocycles. The number of halogens is 1. The summed E-state index contributed by atoms with van der Waals surface area (Å²) >= 11 is 7.42. The fourth-order valence-corrected chi connectivity index (χ4v) is 2.93. The summed E-state index contributed by atoms with van der Waals surface area (Å²) in [6.07, 6.45) is 0.372. The van der Waals surface area contributed by atoms with Gasteiger partial charge in [0.15, 0.2) is 0 Å². The zero-order valence-corrected chi connectivity index (χ0v) is 14.8. The molecule has 1 N–H and O–H groups in total. The minimum absolute atomic E-state index is 0.0996. The highest BCUT2D eigenvalue weighted by Gasteiger charge is 2.08. The van der Waals surface area contributed by atoms with Crippen LogP contribution >= 0.6 is 23.4 Å². The maximum absolute atomic E-state index is 12.0. The van der Waals surface area contributed by atoms with Gasteiger partial charge in [-0.05, 0) is 49.4 Å². The standard InChI is InChI=1S/C18H18ClNO3S/c1-2-23-18(22)13-4-3-5-15(12-13)20-17(21)10-11-24-16-8-6-14(19)7-9-16/h3-9,12H,2,10-11H2,1H3,(H,20,21). The molecule has 0 aliphatic heterocycles. The van der Waals surface area contributed by atoms with E-state index in [2.05, 4.69) is 5.32 Å². The van der Waals surface area contributed by atoms with Crippen LogP contribution in [0.2, 0.25) is 5.02 Å². The number of ether oxygens (including phenoxy) is 1. The zero-order valence-electron chi connectivity index (χ0n) is 13.3. The Labute approximate surface area is 150 Å². The number of carbonyl (C=O) groups is 2. The third-order valence-corrected chi connectivity index (χ3v) is 4.33. The van der Waals surface area contributed by atoms with E-state index in [1.165, 1.54) is 0 Å². The second kappa shape index (κ2) is 9.35. The Bertz CT molecular complexity index is 704. The van der Waals surface area contributed by atoms with Crippen molar-refractivity contribution >= 4 is 40.9 Å². The Kier molecular flexibility index (Phi) is 7.15. The van der Waals surface area contributed by atoms with Gasteiger partial charge in [0, 0.05) is 27.8 Å². The van der Waals surface area contributed by atoms with Gasteiger partial charge in [-0.3, -0.25) is 4.79 Å². The van der Waals surface area contributed by atoms with E-state index >= 15 is 0 Å². The monoisotopic (exact) mass is 363 g/mol. The molecule has 2 aromatic rings. The van der Waals surface area contributed by atoms with Crippen LogP contribution in [0.3, 0.4) is 0 Å². The minimum Gasteiger partial charge on any atom is -0.462 e. The highest BCUT2D eigenvalue weighted by molar-refractivity contribution is 7.99. The summed E-state index contributed by atoms with van der Waals surface area (Å²) in [5.74, 6) is 0.162. The first-order chi connectivity index (χ1) is 11.6. The van der Waals surface area contributed by atoms with Gasteiger partial charge < -0.3 is 10.1 Å². The van der Waals surface area contributed by atoms with E-state index in [-0.39, 0.29) is 5.91 Å². The smallest absolute Gasteiger partial charge is 0.338 e. The van der Waals surface area contributed by atoms with Gasteiger partial charge in [0.2, 0.25) is 5.91 Å². The molecule has 2 aromatic carbocycles. The van der Waals surface area contributed by atoms with E-state index in [9.17, 15) is 9.59 Å². The minimum atomic E-state index is -0.396. The van der Waals surface area contributed by atoms with Crippen LogP contribution in [0, 0.1) is 0 Å². The molecule has 0 bridgehead atoms. The first-order valence-electron chi connectivity index (χ1n) is 7.54. The van der Waals surface area contributed by atoms with Crippen LogP contribution < -0.4 is 5.32 Å². The quantitative estimate of drug-likeness (QED) is 0.575. The lowest BCUT2D eigenvalue weighted by Crippen LogP contribution is -2.13. The SMILES string of the molecule is CCOC(=O)c1cccc(NC(=O)CCSc2ccc(Cl)cc2)c1. The number of carbonyl (C=O) groups excluding carboxylic acids is 2. The molecule has 0 fully saturated rings. The second-order valence-corrected chi connectivity index (χ2v) is 6.51. The van der Waals surface area contributed by atoms with Crippen LogP contribution in [-0.4, -0.2) is 24.2 Å². The third-order valence-electron chi connectivity index (χ3n) is 3.07. The summed E-state index contributed by atoms with van der Waals surface area (Å²) in [5.41, 5.74) is 1.01. The molecule has 0 saturated carbocycles. The van der Waals surface area contributed by atoms with E-state index in [1.54, 1.807) is 43.0 Å². The number of anilines is 1. The van der Waals surface area contributed by atoms with Crippen molar-refractivity contribution in [3.05, 3.63) is 59.1 Å². The number of benzene rings is 2. The molecule has 0 unspecified atom stereocenters. The Morgan fingerprint density at radius 1 is 1.17 bits per heavy atom. The van der Waals surface area contributed by atoms with Crippen molar-refractivity contribution in [3.63, 3.8) is 0 Å². The highest BCUT2D eigenvalue weighted by Crippen LogP contribution is 2.21. The molecule has 24 heavy (non-hydrogen) atoms. The summed E-state index contributed by atoms with van der Waals surface area (Å²) in [6.45, 7) is 2.07. The van der Waals surface area contributed by atoms with Crippen LogP contribution in [0.15, 0.2) is 53.4 Å². The Balaban J connectivity index is 1.82. The summed E-state index contributed by atoms with van der Waals surface area (Å²) in [7, 11) is 0. The van der Waals surface area contributed by atoms with Crippen LogP contribution in [-0.2, 0) is 9.53 Å². The van der Waals surface area contributed by atoms with E-state index in [1.807, 2.05) is 24.3 Å². The maximum Gasteiger partial charge on any atom is 0.338 e. The number of rotatable bonds is 7. The van der Waals surface area contributed by atoms with E-state index < -0.39 is 5.97 Å². The predicted molar refractivity (Wildman–Crippen MR) is 97.8 cm³/mol. The molecule has 126 valence electrons. The number of nitrogens with one attached hydrogen (secondary N) is 1. The van der Waals surface area contributed by atoms with Crippen LogP contribution in [0.5, 0.6) is 0 Å². The Morgan fingerprint density at radius 2 is 1.92 bits per heavy atom. The first kappa shape index (κ1) is 18.4. The Morgan fingerprint density at radius 3 is 2.62 bits per heavy atom. The van der Waals surface area contributed by atoms with Crippen LogP contribution in [0.1, 0.15) is 23.7 Å². The molecule has 0 radical (unpaired) electrons. The van der Waals surface area contributed by atoms with Crippen molar-refractivity contribution in [1.29, 1.82) is 0 Å². The van der Waals surface area contributed by atoms with Gasteiger partial charge in [-0.1, -0.05) is 17.7 Å². The molecular weight excluding hydrogens is 346 g/mol. The topological polar surface area (TPSA) is 55.4 Å².